The van der Waals surface area contributed by atoms with Gasteiger partial charge in [0.25, 0.3) is 0 Å². The van der Waals surface area contributed by atoms with E-state index in [1.165, 1.54) is 11.3 Å². The van der Waals surface area contributed by atoms with Gasteiger partial charge in [0.1, 0.15) is 0 Å². The Kier molecular flexibility index (Phi) is 5.52. The Bertz CT molecular complexity index is 699. The van der Waals surface area contributed by atoms with Crippen molar-refractivity contribution < 1.29 is 14.3 Å². The summed E-state index contributed by atoms with van der Waals surface area (Å²) >= 11 is 4.69. The van der Waals surface area contributed by atoms with Crippen LogP contribution in [0.25, 0.3) is 10.2 Å². The highest BCUT2D eigenvalue weighted by Gasteiger charge is 2.20. The van der Waals surface area contributed by atoms with Crippen LogP contribution in [0.15, 0.2) is 18.2 Å². The summed E-state index contributed by atoms with van der Waals surface area (Å²) in [4.78, 5) is 27.8. The lowest BCUT2D eigenvalue weighted by atomic mass is 10.1. The zero-order valence-corrected chi connectivity index (χ0v) is 15.0. The van der Waals surface area contributed by atoms with Gasteiger partial charge in [-0.1, -0.05) is 41.1 Å². The molecule has 1 atom stereocenters. The normalized spacial score (nSPS) is 12.4. The van der Waals surface area contributed by atoms with E-state index in [0.717, 1.165) is 10.2 Å². The number of benzene rings is 1. The number of anilines is 1. The summed E-state index contributed by atoms with van der Waals surface area (Å²) in [5.74, 6) is -0.298. The summed E-state index contributed by atoms with van der Waals surface area (Å²) in [5.41, 5.74) is 1.22. The minimum absolute atomic E-state index is 0.125. The molecule has 1 aromatic heterocycles. The van der Waals surface area contributed by atoms with Crippen LogP contribution < -0.4 is 5.32 Å². The van der Waals surface area contributed by atoms with E-state index in [2.05, 4.69) is 26.2 Å². The van der Waals surface area contributed by atoms with Gasteiger partial charge in [-0.3, -0.25) is 4.79 Å². The van der Waals surface area contributed by atoms with Crippen molar-refractivity contribution in [2.45, 2.75) is 25.6 Å². The number of hydrogen-bond donors (Lipinski definition) is 1. The first kappa shape index (κ1) is 16.9. The smallest absolute Gasteiger partial charge is 0.338 e. The van der Waals surface area contributed by atoms with E-state index >= 15 is 0 Å². The Labute approximate surface area is 141 Å². The molecule has 5 nitrogen and oxygen atoms in total. The lowest BCUT2D eigenvalue weighted by molar-refractivity contribution is -0.116. The van der Waals surface area contributed by atoms with Gasteiger partial charge >= 0.3 is 5.97 Å². The molecule has 22 heavy (non-hydrogen) atoms. The number of alkyl halides is 1. The molecule has 2 rings (SSSR count). The SMILES string of the molecule is CCOC(=O)c1ccc2nc(NC(=O)C(Br)C(C)C)sc2c1. The van der Waals surface area contributed by atoms with E-state index in [4.69, 9.17) is 4.74 Å². The van der Waals surface area contributed by atoms with E-state index in [1.807, 2.05) is 13.8 Å². The standard InChI is InChI=1S/C15H17BrN2O3S/c1-4-21-14(20)9-5-6-10-11(7-9)22-15(17-10)18-13(19)12(16)8(2)3/h5-8,12H,4H2,1-3H3,(H,17,18,19). The monoisotopic (exact) mass is 384 g/mol. The molecule has 1 heterocycles. The van der Waals surface area contributed by atoms with E-state index in [9.17, 15) is 9.59 Å². The number of rotatable bonds is 5. The molecule has 1 N–H and O–H groups in total. The van der Waals surface area contributed by atoms with Gasteiger partial charge in [-0.2, -0.15) is 0 Å². The lowest BCUT2D eigenvalue weighted by Gasteiger charge is -2.11. The number of carbonyl (C=O) groups is 2. The molecule has 0 fully saturated rings. The number of esters is 1. The molecule has 0 bridgehead atoms. The molecule has 2 aromatic rings. The molecular formula is C15H17BrN2O3S. The second kappa shape index (κ2) is 7.19. The second-order valence-electron chi connectivity index (χ2n) is 5.06. The van der Waals surface area contributed by atoms with E-state index in [0.29, 0.717) is 17.3 Å². The Hall–Kier alpha value is -1.47. The third-order valence-corrected chi connectivity index (χ3v) is 5.37. The summed E-state index contributed by atoms with van der Waals surface area (Å²) in [5, 5.41) is 3.31. The van der Waals surface area contributed by atoms with Gasteiger partial charge in [-0.15, -0.1) is 0 Å². The maximum Gasteiger partial charge on any atom is 0.338 e. The minimum Gasteiger partial charge on any atom is -0.462 e. The van der Waals surface area contributed by atoms with Crippen LogP contribution in [0.4, 0.5) is 5.13 Å². The molecule has 0 radical (unpaired) electrons. The fourth-order valence-electron chi connectivity index (χ4n) is 1.80. The van der Waals surface area contributed by atoms with Crippen LogP contribution in [0.5, 0.6) is 0 Å². The van der Waals surface area contributed by atoms with Crippen LogP contribution in [-0.4, -0.2) is 28.3 Å². The van der Waals surface area contributed by atoms with Crippen LogP contribution in [0.1, 0.15) is 31.1 Å². The summed E-state index contributed by atoms with van der Waals surface area (Å²) in [6, 6.07) is 5.16. The Balaban J connectivity index is 2.20. The first-order chi connectivity index (χ1) is 10.4. The third-order valence-electron chi connectivity index (χ3n) is 2.97. The number of hydrogen-bond acceptors (Lipinski definition) is 5. The molecule has 1 aromatic carbocycles. The number of halogens is 1. The molecule has 118 valence electrons. The topological polar surface area (TPSA) is 68.3 Å². The molecule has 7 heteroatoms. The molecule has 0 aliphatic heterocycles. The molecule has 0 spiro atoms. The zero-order valence-electron chi connectivity index (χ0n) is 12.6. The fraction of sp³-hybridized carbons (Fsp3) is 0.400. The lowest BCUT2D eigenvalue weighted by Crippen LogP contribution is -2.26. The van der Waals surface area contributed by atoms with Crippen LogP contribution in [0.2, 0.25) is 0 Å². The number of nitrogens with zero attached hydrogens (tertiary/aromatic N) is 1. The van der Waals surface area contributed by atoms with Crippen LogP contribution in [-0.2, 0) is 9.53 Å². The fourth-order valence-corrected chi connectivity index (χ4v) is 2.82. The number of nitrogens with one attached hydrogen (secondary N) is 1. The molecule has 0 saturated carbocycles. The van der Waals surface area contributed by atoms with E-state index in [-0.39, 0.29) is 22.6 Å². The minimum atomic E-state index is -0.358. The molecular weight excluding hydrogens is 368 g/mol. The second-order valence-corrected chi connectivity index (χ2v) is 7.07. The number of thiazole rings is 1. The van der Waals surface area contributed by atoms with Crippen molar-refractivity contribution in [3.05, 3.63) is 23.8 Å². The van der Waals surface area contributed by atoms with Gasteiger partial charge in [-0.05, 0) is 31.0 Å². The van der Waals surface area contributed by atoms with E-state index < -0.39 is 0 Å². The van der Waals surface area contributed by atoms with Crippen molar-refractivity contribution in [2.75, 3.05) is 11.9 Å². The maximum atomic E-state index is 12.0. The average molecular weight is 385 g/mol. The quantitative estimate of drug-likeness (QED) is 0.628. The number of fused-ring (bicyclic) bond motifs is 1. The maximum absolute atomic E-state index is 12.0. The number of carbonyl (C=O) groups excluding carboxylic acids is 2. The summed E-state index contributed by atoms with van der Waals surface area (Å²) in [6.45, 7) is 6.02. The van der Waals surface area contributed by atoms with Gasteiger partial charge in [0.2, 0.25) is 5.91 Å². The van der Waals surface area contributed by atoms with Crippen molar-refractivity contribution in [2.24, 2.45) is 5.92 Å². The summed E-state index contributed by atoms with van der Waals surface area (Å²) < 4.78 is 5.81. The highest BCUT2D eigenvalue weighted by Crippen LogP contribution is 2.28. The zero-order chi connectivity index (χ0) is 16.3. The Morgan fingerprint density at radius 2 is 2.14 bits per heavy atom. The molecule has 0 aliphatic carbocycles. The average Bonchev–Trinajstić information content (AvgIpc) is 2.87. The number of ether oxygens (including phenoxy) is 1. The first-order valence-electron chi connectivity index (χ1n) is 6.95. The summed E-state index contributed by atoms with van der Waals surface area (Å²) in [6.07, 6.45) is 0. The van der Waals surface area contributed by atoms with Gasteiger partial charge in [-0.25, -0.2) is 9.78 Å². The highest BCUT2D eigenvalue weighted by molar-refractivity contribution is 9.10. The van der Waals surface area contributed by atoms with Gasteiger partial charge < -0.3 is 10.1 Å². The molecule has 1 unspecified atom stereocenters. The molecule has 1 amide bonds. The highest BCUT2D eigenvalue weighted by atomic mass is 79.9. The third kappa shape index (κ3) is 3.84. The molecule has 0 aliphatic rings. The van der Waals surface area contributed by atoms with Crippen molar-refractivity contribution in [3.8, 4) is 0 Å². The Morgan fingerprint density at radius 1 is 1.41 bits per heavy atom. The van der Waals surface area contributed by atoms with Gasteiger partial charge in [0, 0.05) is 0 Å². The largest absolute Gasteiger partial charge is 0.462 e. The van der Waals surface area contributed by atoms with Crippen molar-refractivity contribution >= 4 is 54.5 Å². The van der Waals surface area contributed by atoms with Crippen LogP contribution >= 0.6 is 27.3 Å². The van der Waals surface area contributed by atoms with E-state index in [1.54, 1.807) is 25.1 Å². The van der Waals surface area contributed by atoms with Crippen LogP contribution in [0, 0.1) is 5.92 Å². The number of amides is 1. The van der Waals surface area contributed by atoms with Crippen LogP contribution in [0.3, 0.4) is 0 Å². The van der Waals surface area contributed by atoms with Crippen molar-refractivity contribution in [1.82, 2.24) is 4.98 Å². The molecule has 0 saturated heterocycles. The predicted molar refractivity (Wildman–Crippen MR) is 91.8 cm³/mol. The summed E-state index contributed by atoms with van der Waals surface area (Å²) in [7, 11) is 0. The number of aromatic nitrogens is 1. The predicted octanol–water partition coefficient (Wildman–Crippen LogP) is 3.83. The van der Waals surface area contributed by atoms with Crippen molar-refractivity contribution in [3.63, 3.8) is 0 Å². The van der Waals surface area contributed by atoms with Crippen molar-refractivity contribution in [1.29, 1.82) is 0 Å². The first-order valence-corrected chi connectivity index (χ1v) is 8.68. The Morgan fingerprint density at radius 3 is 2.77 bits per heavy atom. The van der Waals surface area contributed by atoms with Gasteiger partial charge in [0.05, 0.1) is 27.2 Å². The van der Waals surface area contributed by atoms with Gasteiger partial charge in [0.15, 0.2) is 5.13 Å².